The summed E-state index contributed by atoms with van der Waals surface area (Å²) in [5, 5.41) is 5.44. The highest BCUT2D eigenvalue weighted by Crippen LogP contribution is 1.98. The predicted octanol–water partition coefficient (Wildman–Crippen LogP) is 1.71. The van der Waals surface area contributed by atoms with Gasteiger partial charge in [0.05, 0.1) is 6.26 Å². The molecule has 1 aromatic rings. The van der Waals surface area contributed by atoms with Gasteiger partial charge in [0.2, 0.25) is 5.91 Å². The normalized spacial score (nSPS) is 10.1. The molecule has 1 rings (SSSR count). The van der Waals surface area contributed by atoms with Crippen LogP contribution in [0.4, 0.5) is 0 Å². The molecule has 0 bridgehead atoms. The molecule has 1 heterocycles. The molecule has 0 spiro atoms. The number of amides is 2. The molecule has 0 saturated carbocycles. The Hall–Kier alpha value is -1.78. The Bertz CT molecular complexity index is 360. The Morgan fingerprint density at radius 3 is 2.72 bits per heavy atom. The van der Waals surface area contributed by atoms with Crippen LogP contribution in [0.1, 0.15) is 43.2 Å². The van der Waals surface area contributed by atoms with Gasteiger partial charge in [-0.15, -0.1) is 0 Å². The second-order valence-electron chi connectivity index (χ2n) is 4.04. The number of rotatable bonds is 8. The summed E-state index contributed by atoms with van der Waals surface area (Å²) in [6.07, 6.45) is 4.99. The highest BCUT2D eigenvalue weighted by atomic mass is 16.3. The summed E-state index contributed by atoms with van der Waals surface area (Å²) in [5.41, 5.74) is 0. The van der Waals surface area contributed by atoms with Gasteiger partial charge in [0.15, 0.2) is 5.76 Å². The van der Waals surface area contributed by atoms with Gasteiger partial charge in [-0.05, 0) is 18.6 Å². The van der Waals surface area contributed by atoms with E-state index in [4.69, 9.17) is 4.42 Å². The van der Waals surface area contributed by atoms with E-state index in [-0.39, 0.29) is 17.6 Å². The first-order valence-electron chi connectivity index (χ1n) is 6.32. The van der Waals surface area contributed by atoms with Gasteiger partial charge in [-0.25, -0.2) is 0 Å². The second kappa shape index (κ2) is 8.33. The SMILES string of the molecule is CCCCCNC(=O)CCNC(=O)c1ccco1. The highest BCUT2D eigenvalue weighted by molar-refractivity contribution is 5.91. The van der Waals surface area contributed by atoms with Crippen molar-refractivity contribution in [2.75, 3.05) is 13.1 Å². The molecule has 18 heavy (non-hydrogen) atoms. The van der Waals surface area contributed by atoms with Crippen molar-refractivity contribution in [2.45, 2.75) is 32.6 Å². The zero-order valence-electron chi connectivity index (χ0n) is 10.7. The molecule has 0 aliphatic heterocycles. The summed E-state index contributed by atoms with van der Waals surface area (Å²) < 4.78 is 4.93. The van der Waals surface area contributed by atoms with Crippen LogP contribution in [0.3, 0.4) is 0 Å². The Labute approximate surface area is 107 Å². The third kappa shape index (κ3) is 5.52. The van der Waals surface area contributed by atoms with Crippen LogP contribution >= 0.6 is 0 Å². The summed E-state index contributed by atoms with van der Waals surface area (Å²) in [4.78, 5) is 22.8. The van der Waals surface area contributed by atoms with Crippen molar-refractivity contribution in [3.63, 3.8) is 0 Å². The molecule has 100 valence electrons. The van der Waals surface area contributed by atoms with E-state index in [9.17, 15) is 9.59 Å². The molecule has 1 aromatic heterocycles. The number of hydrogen-bond donors (Lipinski definition) is 2. The molecular weight excluding hydrogens is 232 g/mol. The van der Waals surface area contributed by atoms with Crippen LogP contribution < -0.4 is 10.6 Å². The molecule has 5 nitrogen and oxygen atoms in total. The zero-order valence-corrected chi connectivity index (χ0v) is 10.7. The zero-order chi connectivity index (χ0) is 13.2. The molecule has 0 unspecified atom stereocenters. The van der Waals surface area contributed by atoms with E-state index in [0.717, 1.165) is 19.3 Å². The number of carbonyl (C=O) groups is 2. The van der Waals surface area contributed by atoms with Crippen LogP contribution in [0.2, 0.25) is 0 Å². The van der Waals surface area contributed by atoms with Crippen molar-refractivity contribution in [3.05, 3.63) is 24.2 Å². The van der Waals surface area contributed by atoms with Crippen molar-refractivity contribution < 1.29 is 14.0 Å². The lowest BCUT2D eigenvalue weighted by atomic mass is 10.2. The third-order valence-electron chi connectivity index (χ3n) is 2.49. The minimum absolute atomic E-state index is 0.0363. The van der Waals surface area contributed by atoms with Gasteiger partial charge in [0, 0.05) is 19.5 Å². The standard InChI is InChI=1S/C13H20N2O3/c1-2-3-4-8-14-12(16)7-9-15-13(17)11-6-5-10-18-11/h5-6,10H,2-4,7-9H2,1H3,(H,14,16)(H,15,17). The fourth-order valence-corrected chi connectivity index (χ4v) is 1.48. The van der Waals surface area contributed by atoms with E-state index in [0.29, 0.717) is 19.5 Å². The molecule has 2 amide bonds. The quantitative estimate of drug-likeness (QED) is 0.692. The van der Waals surface area contributed by atoms with Crippen LogP contribution in [-0.4, -0.2) is 24.9 Å². The number of carbonyl (C=O) groups excluding carboxylic acids is 2. The number of unbranched alkanes of at least 4 members (excludes halogenated alkanes) is 2. The van der Waals surface area contributed by atoms with Gasteiger partial charge in [0.25, 0.3) is 5.91 Å². The fourth-order valence-electron chi connectivity index (χ4n) is 1.48. The lowest BCUT2D eigenvalue weighted by Gasteiger charge is -2.05. The maximum Gasteiger partial charge on any atom is 0.286 e. The smallest absolute Gasteiger partial charge is 0.286 e. The van der Waals surface area contributed by atoms with E-state index in [1.807, 2.05) is 0 Å². The third-order valence-corrected chi connectivity index (χ3v) is 2.49. The highest BCUT2D eigenvalue weighted by Gasteiger charge is 2.08. The lowest BCUT2D eigenvalue weighted by Crippen LogP contribution is -2.31. The van der Waals surface area contributed by atoms with Gasteiger partial charge >= 0.3 is 0 Å². The van der Waals surface area contributed by atoms with Crippen LogP contribution in [-0.2, 0) is 4.79 Å². The second-order valence-corrected chi connectivity index (χ2v) is 4.04. The Balaban J connectivity index is 2.07. The van der Waals surface area contributed by atoms with E-state index in [2.05, 4.69) is 17.6 Å². The number of furan rings is 1. The number of nitrogens with one attached hydrogen (secondary N) is 2. The van der Waals surface area contributed by atoms with E-state index in [1.165, 1.54) is 6.26 Å². The molecule has 0 radical (unpaired) electrons. The van der Waals surface area contributed by atoms with E-state index in [1.54, 1.807) is 12.1 Å². The van der Waals surface area contributed by atoms with Gasteiger partial charge in [-0.3, -0.25) is 9.59 Å². The maximum atomic E-state index is 11.4. The predicted molar refractivity (Wildman–Crippen MR) is 68.2 cm³/mol. The lowest BCUT2D eigenvalue weighted by molar-refractivity contribution is -0.120. The fraction of sp³-hybridized carbons (Fsp3) is 0.538. The first kappa shape index (κ1) is 14.3. The van der Waals surface area contributed by atoms with Gasteiger partial charge in [-0.1, -0.05) is 19.8 Å². The van der Waals surface area contributed by atoms with Crippen molar-refractivity contribution in [1.29, 1.82) is 0 Å². The van der Waals surface area contributed by atoms with Gasteiger partial charge < -0.3 is 15.1 Å². The molecule has 0 aromatic carbocycles. The van der Waals surface area contributed by atoms with Gasteiger partial charge in [-0.2, -0.15) is 0 Å². The molecule has 0 fully saturated rings. The van der Waals surface area contributed by atoms with Crippen LogP contribution in [0, 0.1) is 0 Å². The van der Waals surface area contributed by atoms with Crippen LogP contribution in [0.25, 0.3) is 0 Å². The average Bonchev–Trinajstić information content (AvgIpc) is 2.88. The van der Waals surface area contributed by atoms with Gasteiger partial charge in [0.1, 0.15) is 0 Å². The average molecular weight is 252 g/mol. The first-order valence-corrected chi connectivity index (χ1v) is 6.32. The van der Waals surface area contributed by atoms with Crippen molar-refractivity contribution in [1.82, 2.24) is 10.6 Å². The summed E-state index contributed by atoms with van der Waals surface area (Å²) >= 11 is 0. The van der Waals surface area contributed by atoms with Crippen LogP contribution in [0.5, 0.6) is 0 Å². The molecule has 0 atom stereocenters. The molecule has 0 aliphatic rings. The van der Waals surface area contributed by atoms with Crippen molar-refractivity contribution in [2.24, 2.45) is 0 Å². The Kier molecular flexibility index (Phi) is 6.61. The van der Waals surface area contributed by atoms with Crippen molar-refractivity contribution in [3.8, 4) is 0 Å². The minimum Gasteiger partial charge on any atom is -0.459 e. The molecule has 0 aliphatic carbocycles. The summed E-state index contributed by atoms with van der Waals surface area (Å²) in [7, 11) is 0. The summed E-state index contributed by atoms with van der Waals surface area (Å²) in [6, 6.07) is 3.23. The Morgan fingerprint density at radius 1 is 1.22 bits per heavy atom. The Morgan fingerprint density at radius 2 is 2.06 bits per heavy atom. The first-order chi connectivity index (χ1) is 8.74. The van der Waals surface area contributed by atoms with E-state index >= 15 is 0 Å². The minimum atomic E-state index is -0.293. The molecular formula is C13H20N2O3. The summed E-state index contributed by atoms with van der Waals surface area (Å²) in [6.45, 7) is 3.14. The van der Waals surface area contributed by atoms with E-state index < -0.39 is 0 Å². The summed E-state index contributed by atoms with van der Waals surface area (Å²) in [5.74, 6) is -0.0667. The number of hydrogen-bond acceptors (Lipinski definition) is 3. The molecule has 2 N–H and O–H groups in total. The maximum absolute atomic E-state index is 11.4. The van der Waals surface area contributed by atoms with Crippen LogP contribution in [0.15, 0.2) is 22.8 Å². The topological polar surface area (TPSA) is 71.3 Å². The molecule has 5 heteroatoms. The largest absolute Gasteiger partial charge is 0.459 e. The monoisotopic (exact) mass is 252 g/mol. The van der Waals surface area contributed by atoms with Crippen molar-refractivity contribution >= 4 is 11.8 Å². The molecule has 0 saturated heterocycles.